The van der Waals surface area contributed by atoms with Gasteiger partial charge in [-0.1, -0.05) is 0 Å². The van der Waals surface area contributed by atoms with Gasteiger partial charge in [0.1, 0.15) is 0 Å². The van der Waals surface area contributed by atoms with E-state index in [-0.39, 0.29) is 0 Å². The molecule has 0 aromatic heterocycles. The highest BCUT2D eigenvalue weighted by atomic mass is 16.5. The minimum absolute atomic E-state index is 0.368. The molecule has 56 valence electrons. The highest BCUT2D eigenvalue weighted by Crippen LogP contribution is 2.21. The molecule has 0 N–H and O–H groups in total. The van der Waals surface area contributed by atoms with Crippen molar-refractivity contribution in [1.82, 2.24) is 0 Å². The molecule has 0 amide bonds. The fourth-order valence-electron chi connectivity index (χ4n) is 1.41. The zero-order valence-electron chi connectivity index (χ0n) is 6.34. The Morgan fingerprint density at radius 1 is 1.70 bits per heavy atom. The molecule has 0 aromatic rings. The zero-order chi connectivity index (χ0) is 7.40. The minimum Gasteiger partial charge on any atom is -0.378 e. The molecule has 10 heavy (non-hydrogen) atoms. The summed E-state index contributed by atoms with van der Waals surface area (Å²) in [6, 6.07) is 2.20. The summed E-state index contributed by atoms with van der Waals surface area (Å²) in [5.74, 6) is 0.591. The Balaban J connectivity index is 2.27. The lowest BCUT2D eigenvalue weighted by atomic mass is 9.94. The molecule has 2 atom stereocenters. The molecule has 1 saturated heterocycles. The Morgan fingerprint density at radius 3 is 3.10 bits per heavy atom. The molecule has 2 unspecified atom stereocenters. The first-order valence-electron chi connectivity index (χ1n) is 3.81. The van der Waals surface area contributed by atoms with E-state index in [0.29, 0.717) is 18.4 Å². The monoisotopic (exact) mass is 139 g/mol. The Labute approximate surface area is 61.8 Å². The third-order valence-corrected chi connectivity index (χ3v) is 1.97. The second-order valence-electron chi connectivity index (χ2n) is 2.93. The summed E-state index contributed by atoms with van der Waals surface area (Å²) in [4.78, 5) is 0. The topological polar surface area (TPSA) is 33.0 Å². The quantitative estimate of drug-likeness (QED) is 0.554. The van der Waals surface area contributed by atoms with E-state index >= 15 is 0 Å². The largest absolute Gasteiger partial charge is 0.378 e. The van der Waals surface area contributed by atoms with Crippen LogP contribution < -0.4 is 0 Å². The maximum Gasteiger partial charge on any atom is 0.0624 e. The first kappa shape index (κ1) is 7.56. The lowest BCUT2D eigenvalue weighted by Gasteiger charge is -2.25. The van der Waals surface area contributed by atoms with Crippen molar-refractivity contribution >= 4 is 0 Å². The Hall–Kier alpha value is -0.550. The van der Waals surface area contributed by atoms with Gasteiger partial charge in [-0.2, -0.15) is 5.26 Å². The summed E-state index contributed by atoms with van der Waals surface area (Å²) < 4.78 is 5.34. The molecule has 0 spiro atoms. The average Bonchev–Trinajstić information content (AvgIpc) is 1.88. The van der Waals surface area contributed by atoms with Crippen molar-refractivity contribution in [3.05, 3.63) is 0 Å². The molecule has 0 aliphatic carbocycles. The molecule has 0 radical (unpaired) electrons. The molecule has 1 aliphatic heterocycles. The second kappa shape index (κ2) is 3.58. The number of nitrogens with zero attached hydrogens (tertiary/aromatic N) is 1. The van der Waals surface area contributed by atoms with Crippen LogP contribution in [0.5, 0.6) is 0 Å². The van der Waals surface area contributed by atoms with E-state index in [1.165, 1.54) is 0 Å². The van der Waals surface area contributed by atoms with Crippen LogP contribution in [0.15, 0.2) is 0 Å². The van der Waals surface area contributed by atoms with E-state index < -0.39 is 0 Å². The van der Waals surface area contributed by atoms with Crippen molar-refractivity contribution in [2.75, 3.05) is 6.61 Å². The Morgan fingerprint density at radius 2 is 2.50 bits per heavy atom. The summed E-state index contributed by atoms with van der Waals surface area (Å²) >= 11 is 0. The summed E-state index contributed by atoms with van der Waals surface area (Å²) in [7, 11) is 0. The van der Waals surface area contributed by atoms with Crippen LogP contribution in [-0.2, 0) is 4.74 Å². The molecule has 1 aliphatic rings. The standard InChI is InChI=1S/C8H13NO/c1-7-6-8(2-4-9)3-5-10-7/h7-8H,2-3,5-6H2,1H3. The Kier molecular flexibility index (Phi) is 2.70. The first-order valence-corrected chi connectivity index (χ1v) is 3.81. The van der Waals surface area contributed by atoms with E-state index in [1.807, 2.05) is 0 Å². The SMILES string of the molecule is CC1CC(CC#N)CCO1. The van der Waals surface area contributed by atoms with Crippen molar-refractivity contribution in [2.45, 2.75) is 32.3 Å². The van der Waals surface area contributed by atoms with E-state index in [2.05, 4.69) is 13.0 Å². The van der Waals surface area contributed by atoms with E-state index in [4.69, 9.17) is 10.00 Å². The maximum absolute atomic E-state index is 8.41. The normalized spacial score (nSPS) is 33.2. The van der Waals surface area contributed by atoms with Gasteiger partial charge in [0.25, 0.3) is 0 Å². The van der Waals surface area contributed by atoms with Crippen molar-refractivity contribution in [1.29, 1.82) is 5.26 Å². The Bertz CT molecular complexity index is 139. The lowest BCUT2D eigenvalue weighted by molar-refractivity contribution is 0.00377. The van der Waals surface area contributed by atoms with Gasteiger partial charge < -0.3 is 4.74 Å². The molecular weight excluding hydrogens is 126 g/mol. The van der Waals surface area contributed by atoms with Crippen LogP contribution in [-0.4, -0.2) is 12.7 Å². The number of hydrogen-bond donors (Lipinski definition) is 0. The molecule has 0 bridgehead atoms. The minimum atomic E-state index is 0.368. The van der Waals surface area contributed by atoms with Crippen LogP contribution in [0.25, 0.3) is 0 Å². The molecule has 1 heterocycles. The van der Waals surface area contributed by atoms with Crippen molar-refractivity contribution in [3.8, 4) is 6.07 Å². The number of hydrogen-bond acceptors (Lipinski definition) is 2. The lowest BCUT2D eigenvalue weighted by Crippen LogP contribution is -2.22. The van der Waals surface area contributed by atoms with Gasteiger partial charge in [-0.25, -0.2) is 0 Å². The highest BCUT2D eigenvalue weighted by Gasteiger charge is 2.18. The van der Waals surface area contributed by atoms with Crippen LogP contribution in [0.2, 0.25) is 0 Å². The van der Waals surface area contributed by atoms with Gasteiger partial charge in [-0.15, -0.1) is 0 Å². The predicted octanol–water partition coefficient (Wildman–Crippen LogP) is 1.72. The molecule has 1 fully saturated rings. The van der Waals surface area contributed by atoms with Gasteiger partial charge in [-0.05, 0) is 25.7 Å². The summed E-state index contributed by atoms with van der Waals surface area (Å²) in [5.41, 5.74) is 0. The van der Waals surface area contributed by atoms with Gasteiger partial charge in [0.2, 0.25) is 0 Å². The molecule has 2 heteroatoms. The molecule has 2 nitrogen and oxygen atoms in total. The molecule has 0 aromatic carbocycles. The van der Waals surface area contributed by atoms with Crippen LogP contribution in [0.4, 0.5) is 0 Å². The smallest absolute Gasteiger partial charge is 0.0624 e. The number of nitriles is 1. The third kappa shape index (κ3) is 2.00. The highest BCUT2D eigenvalue weighted by molar-refractivity contribution is 4.79. The average molecular weight is 139 g/mol. The summed E-state index contributed by atoms with van der Waals surface area (Å²) in [5, 5.41) is 8.41. The molecule has 1 rings (SSSR count). The third-order valence-electron chi connectivity index (χ3n) is 1.97. The van der Waals surface area contributed by atoms with Gasteiger partial charge >= 0.3 is 0 Å². The fraction of sp³-hybridized carbons (Fsp3) is 0.875. The van der Waals surface area contributed by atoms with Crippen LogP contribution in [0.1, 0.15) is 26.2 Å². The van der Waals surface area contributed by atoms with E-state index in [9.17, 15) is 0 Å². The second-order valence-corrected chi connectivity index (χ2v) is 2.93. The van der Waals surface area contributed by atoms with Gasteiger partial charge in [0, 0.05) is 13.0 Å². The van der Waals surface area contributed by atoms with Crippen molar-refractivity contribution in [3.63, 3.8) is 0 Å². The van der Waals surface area contributed by atoms with Crippen molar-refractivity contribution in [2.24, 2.45) is 5.92 Å². The van der Waals surface area contributed by atoms with Crippen LogP contribution in [0, 0.1) is 17.2 Å². The van der Waals surface area contributed by atoms with Crippen molar-refractivity contribution < 1.29 is 4.74 Å². The van der Waals surface area contributed by atoms with E-state index in [1.54, 1.807) is 0 Å². The summed E-state index contributed by atoms with van der Waals surface area (Å²) in [6.45, 7) is 2.91. The molecule has 0 saturated carbocycles. The van der Waals surface area contributed by atoms with Gasteiger partial charge in [0.05, 0.1) is 12.2 Å². The fourth-order valence-corrected chi connectivity index (χ4v) is 1.41. The molecular formula is C8H13NO. The number of rotatable bonds is 1. The van der Waals surface area contributed by atoms with Gasteiger partial charge in [-0.3, -0.25) is 0 Å². The predicted molar refractivity (Wildman–Crippen MR) is 38.4 cm³/mol. The zero-order valence-corrected chi connectivity index (χ0v) is 6.34. The van der Waals surface area contributed by atoms with Gasteiger partial charge in [0.15, 0.2) is 0 Å². The van der Waals surface area contributed by atoms with E-state index in [0.717, 1.165) is 19.4 Å². The summed E-state index contributed by atoms with van der Waals surface area (Å²) in [6.07, 6.45) is 3.20. The maximum atomic E-state index is 8.41. The van der Waals surface area contributed by atoms with Crippen LogP contribution in [0.3, 0.4) is 0 Å². The van der Waals surface area contributed by atoms with Crippen LogP contribution >= 0.6 is 0 Å². The first-order chi connectivity index (χ1) is 4.83. The number of ether oxygens (including phenoxy) is 1.